The second-order valence-electron chi connectivity index (χ2n) is 6.89. The molecule has 1 fully saturated rings. The maximum Gasteiger partial charge on any atom is 0.259 e. The minimum absolute atomic E-state index is 0.00346. The van der Waals surface area contributed by atoms with Crippen LogP contribution in [-0.2, 0) is 9.59 Å². The normalized spacial score (nSPS) is 19.8. The first-order chi connectivity index (χ1) is 12.0. The van der Waals surface area contributed by atoms with Crippen molar-refractivity contribution in [3.8, 4) is 5.75 Å². The standard InChI is InChI=1S/C19H29N3O3/c1-14-7-4-5-10-17(14)21-18(23)12-20-15-8-6-9-16(11-15)25-13-19(24)22(2)3/h6,8-9,11,14,17,20H,4-5,7,10,12-13H2,1-3H3,(H,21,23)/t14-,17+/m1/s1. The maximum absolute atomic E-state index is 12.2. The van der Waals surface area contributed by atoms with Gasteiger partial charge in [0.15, 0.2) is 6.61 Å². The van der Waals surface area contributed by atoms with E-state index in [0.717, 1.165) is 12.1 Å². The number of anilines is 1. The number of nitrogens with one attached hydrogen (secondary N) is 2. The lowest BCUT2D eigenvalue weighted by Crippen LogP contribution is -2.43. The van der Waals surface area contributed by atoms with Gasteiger partial charge in [0.25, 0.3) is 5.91 Å². The van der Waals surface area contributed by atoms with E-state index in [2.05, 4.69) is 17.6 Å². The zero-order valence-electron chi connectivity index (χ0n) is 15.4. The number of nitrogens with zero attached hydrogens (tertiary/aromatic N) is 1. The van der Waals surface area contributed by atoms with Gasteiger partial charge in [0.1, 0.15) is 5.75 Å². The van der Waals surface area contributed by atoms with Gasteiger partial charge in [-0.3, -0.25) is 9.59 Å². The zero-order chi connectivity index (χ0) is 18.2. The Morgan fingerprint density at radius 3 is 2.72 bits per heavy atom. The van der Waals surface area contributed by atoms with Crippen molar-refractivity contribution >= 4 is 17.5 Å². The van der Waals surface area contributed by atoms with E-state index >= 15 is 0 Å². The Morgan fingerprint density at radius 2 is 2.00 bits per heavy atom. The Bertz CT molecular complexity index is 589. The molecule has 1 aliphatic carbocycles. The van der Waals surface area contributed by atoms with Crippen molar-refractivity contribution in [1.82, 2.24) is 10.2 Å². The molecule has 0 saturated heterocycles. The van der Waals surface area contributed by atoms with Gasteiger partial charge in [-0.05, 0) is 30.9 Å². The molecule has 2 amide bonds. The SMILES string of the molecule is C[C@@H]1CCCC[C@@H]1NC(=O)CNc1cccc(OCC(=O)N(C)C)c1. The van der Waals surface area contributed by atoms with Crippen molar-refractivity contribution in [2.24, 2.45) is 5.92 Å². The molecular formula is C19H29N3O3. The van der Waals surface area contributed by atoms with Crippen LogP contribution in [0.4, 0.5) is 5.69 Å². The van der Waals surface area contributed by atoms with E-state index in [9.17, 15) is 9.59 Å². The molecule has 1 aliphatic rings. The van der Waals surface area contributed by atoms with E-state index in [4.69, 9.17) is 4.74 Å². The molecule has 6 nitrogen and oxygen atoms in total. The maximum atomic E-state index is 12.2. The molecule has 138 valence electrons. The van der Waals surface area contributed by atoms with Crippen LogP contribution in [0.3, 0.4) is 0 Å². The number of rotatable bonds is 7. The topological polar surface area (TPSA) is 70.7 Å². The Hall–Kier alpha value is -2.24. The molecule has 0 spiro atoms. The third-order valence-corrected chi connectivity index (χ3v) is 4.61. The summed E-state index contributed by atoms with van der Waals surface area (Å²) in [5.74, 6) is 1.05. The average Bonchev–Trinajstić information content (AvgIpc) is 2.60. The van der Waals surface area contributed by atoms with Crippen LogP contribution in [0.15, 0.2) is 24.3 Å². The van der Waals surface area contributed by atoms with Crippen LogP contribution in [0.1, 0.15) is 32.6 Å². The first-order valence-corrected chi connectivity index (χ1v) is 8.92. The molecule has 1 aromatic carbocycles. The lowest BCUT2D eigenvalue weighted by Gasteiger charge is -2.29. The third kappa shape index (κ3) is 6.29. The van der Waals surface area contributed by atoms with E-state index in [-0.39, 0.29) is 31.0 Å². The molecule has 25 heavy (non-hydrogen) atoms. The van der Waals surface area contributed by atoms with E-state index in [1.54, 1.807) is 26.2 Å². The van der Waals surface area contributed by atoms with Crippen LogP contribution in [0.25, 0.3) is 0 Å². The number of amides is 2. The first-order valence-electron chi connectivity index (χ1n) is 8.92. The zero-order valence-corrected chi connectivity index (χ0v) is 15.4. The van der Waals surface area contributed by atoms with Crippen molar-refractivity contribution in [3.63, 3.8) is 0 Å². The molecule has 0 unspecified atom stereocenters. The summed E-state index contributed by atoms with van der Waals surface area (Å²) in [5, 5.41) is 6.24. The predicted octanol–water partition coefficient (Wildman–Crippen LogP) is 2.26. The van der Waals surface area contributed by atoms with Gasteiger partial charge in [-0.2, -0.15) is 0 Å². The summed E-state index contributed by atoms with van der Waals surface area (Å²) < 4.78 is 5.48. The van der Waals surface area contributed by atoms with Gasteiger partial charge >= 0.3 is 0 Å². The molecular weight excluding hydrogens is 318 g/mol. The molecule has 2 atom stereocenters. The fraction of sp³-hybridized carbons (Fsp3) is 0.579. The number of benzene rings is 1. The van der Waals surface area contributed by atoms with E-state index < -0.39 is 0 Å². The molecule has 6 heteroatoms. The second kappa shape index (κ2) is 9.30. The van der Waals surface area contributed by atoms with Crippen LogP contribution in [0.2, 0.25) is 0 Å². The molecule has 0 radical (unpaired) electrons. The van der Waals surface area contributed by atoms with Gasteiger partial charge in [0.2, 0.25) is 5.91 Å². The Labute approximate surface area is 149 Å². The molecule has 1 saturated carbocycles. The van der Waals surface area contributed by atoms with Gasteiger partial charge in [-0.25, -0.2) is 0 Å². The summed E-state index contributed by atoms with van der Waals surface area (Å²) in [6.45, 7) is 2.42. The number of hydrogen-bond donors (Lipinski definition) is 2. The predicted molar refractivity (Wildman–Crippen MR) is 98.7 cm³/mol. The molecule has 1 aromatic rings. The number of carbonyl (C=O) groups is 2. The van der Waals surface area contributed by atoms with Crippen molar-refractivity contribution < 1.29 is 14.3 Å². The van der Waals surface area contributed by atoms with Gasteiger partial charge in [0.05, 0.1) is 6.54 Å². The van der Waals surface area contributed by atoms with Gasteiger partial charge in [-0.1, -0.05) is 25.8 Å². The van der Waals surface area contributed by atoms with Crippen molar-refractivity contribution in [3.05, 3.63) is 24.3 Å². The number of ether oxygens (including phenoxy) is 1. The molecule has 0 aliphatic heterocycles. The smallest absolute Gasteiger partial charge is 0.259 e. The molecule has 0 bridgehead atoms. The lowest BCUT2D eigenvalue weighted by atomic mass is 9.86. The molecule has 0 aromatic heterocycles. The minimum atomic E-state index is -0.0978. The van der Waals surface area contributed by atoms with Crippen LogP contribution >= 0.6 is 0 Å². The fourth-order valence-electron chi connectivity index (χ4n) is 2.94. The Morgan fingerprint density at radius 1 is 1.24 bits per heavy atom. The average molecular weight is 347 g/mol. The van der Waals surface area contributed by atoms with Crippen LogP contribution in [0, 0.1) is 5.92 Å². The molecule has 0 heterocycles. The second-order valence-corrected chi connectivity index (χ2v) is 6.89. The Kier molecular flexibility index (Phi) is 7.10. The summed E-state index contributed by atoms with van der Waals surface area (Å²) >= 11 is 0. The highest BCUT2D eigenvalue weighted by Crippen LogP contribution is 2.23. The third-order valence-electron chi connectivity index (χ3n) is 4.61. The summed E-state index contributed by atoms with van der Waals surface area (Å²) in [6.07, 6.45) is 4.70. The van der Waals surface area contributed by atoms with E-state index in [0.29, 0.717) is 11.7 Å². The lowest BCUT2D eigenvalue weighted by molar-refractivity contribution is -0.130. The van der Waals surface area contributed by atoms with Gasteiger partial charge < -0.3 is 20.3 Å². The van der Waals surface area contributed by atoms with Crippen LogP contribution in [-0.4, -0.2) is 50.0 Å². The quantitative estimate of drug-likeness (QED) is 0.794. The largest absolute Gasteiger partial charge is 0.484 e. The summed E-state index contributed by atoms with van der Waals surface area (Å²) in [7, 11) is 3.38. The number of likely N-dealkylation sites (N-methyl/N-ethyl adjacent to an activating group) is 1. The van der Waals surface area contributed by atoms with Crippen molar-refractivity contribution in [2.75, 3.05) is 32.6 Å². The van der Waals surface area contributed by atoms with E-state index in [1.165, 1.54) is 24.2 Å². The van der Waals surface area contributed by atoms with E-state index in [1.807, 2.05) is 12.1 Å². The van der Waals surface area contributed by atoms with Gasteiger partial charge in [-0.15, -0.1) is 0 Å². The summed E-state index contributed by atoms with van der Waals surface area (Å²) in [6, 6.07) is 7.57. The highest BCUT2D eigenvalue weighted by molar-refractivity contribution is 5.81. The van der Waals surface area contributed by atoms with Crippen LogP contribution in [0.5, 0.6) is 5.75 Å². The summed E-state index contributed by atoms with van der Waals surface area (Å²) in [5.41, 5.74) is 0.793. The van der Waals surface area contributed by atoms with Crippen molar-refractivity contribution in [1.29, 1.82) is 0 Å². The minimum Gasteiger partial charge on any atom is -0.484 e. The van der Waals surface area contributed by atoms with Crippen LogP contribution < -0.4 is 15.4 Å². The number of hydrogen-bond acceptors (Lipinski definition) is 4. The monoisotopic (exact) mass is 347 g/mol. The highest BCUT2D eigenvalue weighted by atomic mass is 16.5. The first kappa shape index (κ1) is 19.1. The van der Waals surface area contributed by atoms with Gasteiger partial charge in [0, 0.05) is 31.9 Å². The summed E-state index contributed by atoms with van der Waals surface area (Å²) in [4.78, 5) is 25.2. The molecule has 2 N–H and O–H groups in total. The fourth-order valence-corrected chi connectivity index (χ4v) is 2.94. The Balaban J connectivity index is 1.79. The highest BCUT2D eigenvalue weighted by Gasteiger charge is 2.22. The molecule has 2 rings (SSSR count). The van der Waals surface area contributed by atoms with Crippen molar-refractivity contribution in [2.45, 2.75) is 38.6 Å². The number of carbonyl (C=O) groups excluding carboxylic acids is 2.